The SMILES string of the molecule is CSSC(CCC(=O)O)C(C)C. The second kappa shape index (κ2) is 6.66. The molecule has 0 aromatic heterocycles. The van der Waals surface area contributed by atoms with E-state index in [1.807, 2.05) is 6.26 Å². The van der Waals surface area contributed by atoms with Crippen molar-refractivity contribution < 1.29 is 9.90 Å². The molecule has 0 heterocycles. The molecule has 2 nitrogen and oxygen atoms in total. The van der Waals surface area contributed by atoms with Crippen LogP contribution in [0.2, 0.25) is 0 Å². The van der Waals surface area contributed by atoms with Crippen LogP contribution in [0.4, 0.5) is 0 Å². The van der Waals surface area contributed by atoms with E-state index in [1.165, 1.54) is 0 Å². The smallest absolute Gasteiger partial charge is 0.303 e. The van der Waals surface area contributed by atoms with Crippen LogP contribution in [-0.2, 0) is 4.79 Å². The molecule has 1 atom stereocenters. The molecule has 0 fully saturated rings. The third-order valence-corrected chi connectivity index (χ3v) is 4.14. The summed E-state index contributed by atoms with van der Waals surface area (Å²) in [6.45, 7) is 4.27. The molecule has 0 aliphatic carbocycles. The Morgan fingerprint density at radius 1 is 1.50 bits per heavy atom. The summed E-state index contributed by atoms with van der Waals surface area (Å²) in [6.07, 6.45) is 3.09. The Balaban J connectivity index is 3.70. The Hall–Kier alpha value is 0.170. The fourth-order valence-electron chi connectivity index (χ4n) is 0.882. The highest BCUT2D eigenvalue weighted by Crippen LogP contribution is 2.31. The summed E-state index contributed by atoms with van der Waals surface area (Å²) >= 11 is 0. The van der Waals surface area contributed by atoms with Crippen molar-refractivity contribution in [3.05, 3.63) is 0 Å². The Morgan fingerprint density at radius 2 is 2.08 bits per heavy atom. The molecule has 0 amide bonds. The highest BCUT2D eigenvalue weighted by Gasteiger charge is 2.14. The quantitative estimate of drug-likeness (QED) is 0.681. The minimum atomic E-state index is -0.692. The van der Waals surface area contributed by atoms with E-state index in [0.29, 0.717) is 11.2 Å². The van der Waals surface area contributed by atoms with Crippen molar-refractivity contribution in [2.75, 3.05) is 6.26 Å². The van der Waals surface area contributed by atoms with Gasteiger partial charge in [-0.2, -0.15) is 0 Å². The number of aliphatic carboxylic acids is 1. The van der Waals surface area contributed by atoms with Crippen LogP contribution in [-0.4, -0.2) is 22.6 Å². The van der Waals surface area contributed by atoms with Crippen LogP contribution < -0.4 is 0 Å². The predicted octanol–water partition coefficient (Wildman–Crippen LogP) is 2.89. The van der Waals surface area contributed by atoms with Crippen LogP contribution in [0.25, 0.3) is 0 Å². The third kappa shape index (κ3) is 5.77. The highest BCUT2D eigenvalue weighted by atomic mass is 33.1. The molecular formula is C8H16O2S2. The summed E-state index contributed by atoms with van der Waals surface area (Å²) < 4.78 is 0. The molecule has 1 N–H and O–H groups in total. The fraction of sp³-hybridized carbons (Fsp3) is 0.875. The van der Waals surface area contributed by atoms with Gasteiger partial charge in [0.05, 0.1) is 0 Å². The summed E-state index contributed by atoms with van der Waals surface area (Å²) in [5.74, 6) is -0.135. The Morgan fingerprint density at radius 3 is 2.42 bits per heavy atom. The van der Waals surface area contributed by atoms with Gasteiger partial charge < -0.3 is 5.11 Å². The minimum Gasteiger partial charge on any atom is -0.481 e. The highest BCUT2D eigenvalue weighted by molar-refractivity contribution is 8.76. The lowest BCUT2D eigenvalue weighted by molar-refractivity contribution is -0.137. The van der Waals surface area contributed by atoms with Gasteiger partial charge in [0.1, 0.15) is 0 Å². The van der Waals surface area contributed by atoms with E-state index in [1.54, 1.807) is 21.6 Å². The first-order valence-corrected chi connectivity index (χ1v) is 6.61. The van der Waals surface area contributed by atoms with Gasteiger partial charge in [-0.05, 0) is 18.6 Å². The lowest BCUT2D eigenvalue weighted by atomic mass is 10.1. The van der Waals surface area contributed by atoms with E-state index in [9.17, 15) is 4.79 Å². The van der Waals surface area contributed by atoms with Crippen molar-refractivity contribution in [1.29, 1.82) is 0 Å². The van der Waals surface area contributed by atoms with Gasteiger partial charge in [-0.25, -0.2) is 0 Å². The molecule has 0 spiro atoms. The van der Waals surface area contributed by atoms with Crippen molar-refractivity contribution in [2.24, 2.45) is 5.92 Å². The van der Waals surface area contributed by atoms with Crippen molar-refractivity contribution in [2.45, 2.75) is 31.9 Å². The number of hydrogen-bond acceptors (Lipinski definition) is 3. The van der Waals surface area contributed by atoms with Crippen LogP contribution >= 0.6 is 21.6 Å². The Labute approximate surface area is 81.9 Å². The molecule has 0 rings (SSSR count). The molecule has 0 aromatic carbocycles. The molecule has 0 radical (unpaired) electrons. The molecule has 0 saturated heterocycles. The average Bonchev–Trinajstić information content (AvgIpc) is 1.96. The molecule has 1 unspecified atom stereocenters. The molecular weight excluding hydrogens is 192 g/mol. The van der Waals surface area contributed by atoms with Crippen LogP contribution in [0.5, 0.6) is 0 Å². The molecule has 0 saturated carbocycles. The number of carboxylic acids is 1. The molecule has 0 aliphatic rings. The fourth-order valence-corrected chi connectivity index (χ4v) is 3.26. The van der Waals surface area contributed by atoms with Crippen LogP contribution in [0, 0.1) is 5.92 Å². The number of hydrogen-bond donors (Lipinski definition) is 1. The van der Waals surface area contributed by atoms with Gasteiger partial charge in [-0.15, -0.1) is 0 Å². The zero-order valence-corrected chi connectivity index (χ0v) is 9.37. The summed E-state index contributed by atoms with van der Waals surface area (Å²) in [4.78, 5) is 10.3. The molecule has 0 bridgehead atoms. The Bertz CT molecular complexity index is 137. The first-order valence-electron chi connectivity index (χ1n) is 3.99. The van der Waals surface area contributed by atoms with E-state index in [4.69, 9.17) is 5.11 Å². The normalized spacial score (nSPS) is 13.3. The van der Waals surface area contributed by atoms with Gasteiger partial charge in [-0.1, -0.05) is 35.4 Å². The van der Waals surface area contributed by atoms with Gasteiger partial charge in [0.15, 0.2) is 0 Å². The van der Waals surface area contributed by atoms with E-state index in [0.717, 1.165) is 6.42 Å². The van der Waals surface area contributed by atoms with Crippen molar-refractivity contribution in [3.63, 3.8) is 0 Å². The van der Waals surface area contributed by atoms with Crippen LogP contribution in [0.1, 0.15) is 26.7 Å². The zero-order chi connectivity index (χ0) is 9.56. The van der Waals surface area contributed by atoms with Crippen LogP contribution in [0.3, 0.4) is 0 Å². The van der Waals surface area contributed by atoms with E-state index in [-0.39, 0.29) is 6.42 Å². The van der Waals surface area contributed by atoms with Crippen molar-refractivity contribution in [3.8, 4) is 0 Å². The van der Waals surface area contributed by atoms with E-state index < -0.39 is 5.97 Å². The predicted molar refractivity (Wildman–Crippen MR) is 56.6 cm³/mol. The summed E-state index contributed by atoms with van der Waals surface area (Å²) in [5, 5.41) is 8.96. The van der Waals surface area contributed by atoms with Crippen molar-refractivity contribution >= 4 is 27.6 Å². The number of rotatable bonds is 6. The standard InChI is InChI=1S/C8H16O2S2/c1-6(2)7(12-11-3)4-5-8(9)10/h6-7H,4-5H2,1-3H3,(H,9,10). The van der Waals surface area contributed by atoms with Crippen LogP contribution in [0.15, 0.2) is 0 Å². The van der Waals surface area contributed by atoms with Gasteiger partial charge in [0.25, 0.3) is 0 Å². The van der Waals surface area contributed by atoms with E-state index >= 15 is 0 Å². The van der Waals surface area contributed by atoms with Gasteiger partial charge in [-0.3, -0.25) is 4.79 Å². The third-order valence-electron chi connectivity index (χ3n) is 1.61. The number of carbonyl (C=O) groups is 1. The van der Waals surface area contributed by atoms with Gasteiger partial charge in [0.2, 0.25) is 0 Å². The molecule has 4 heteroatoms. The minimum absolute atomic E-state index is 0.288. The molecule has 0 aromatic rings. The largest absolute Gasteiger partial charge is 0.481 e. The summed E-state index contributed by atoms with van der Waals surface area (Å²) in [5.41, 5.74) is 0. The maximum atomic E-state index is 10.3. The van der Waals surface area contributed by atoms with Crippen molar-refractivity contribution in [1.82, 2.24) is 0 Å². The number of carboxylic acid groups (broad SMARTS) is 1. The Kier molecular flexibility index (Phi) is 6.76. The monoisotopic (exact) mass is 208 g/mol. The van der Waals surface area contributed by atoms with Gasteiger partial charge >= 0.3 is 5.97 Å². The summed E-state index contributed by atoms with van der Waals surface area (Å²) in [7, 11) is 3.49. The molecule has 0 aliphatic heterocycles. The van der Waals surface area contributed by atoms with E-state index in [2.05, 4.69) is 13.8 Å². The maximum Gasteiger partial charge on any atom is 0.303 e. The molecule has 72 valence electrons. The summed E-state index contributed by atoms with van der Waals surface area (Å²) in [6, 6.07) is 0. The first-order chi connectivity index (χ1) is 5.57. The maximum absolute atomic E-state index is 10.3. The topological polar surface area (TPSA) is 37.3 Å². The lowest BCUT2D eigenvalue weighted by Gasteiger charge is -2.17. The van der Waals surface area contributed by atoms with Gasteiger partial charge in [0, 0.05) is 11.7 Å². The first kappa shape index (κ1) is 12.2. The lowest BCUT2D eigenvalue weighted by Crippen LogP contribution is -2.12. The molecule has 12 heavy (non-hydrogen) atoms. The second-order valence-corrected chi connectivity index (χ2v) is 5.69. The average molecular weight is 208 g/mol. The zero-order valence-electron chi connectivity index (χ0n) is 7.74. The second-order valence-electron chi connectivity index (χ2n) is 2.98.